The van der Waals surface area contributed by atoms with Gasteiger partial charge in [-0.2, -0.15) is 12.7 Å². The van der Waals surface area contributed by atoms with Crippen LogP contribution in [0.15, 0.2) is 18.2 Å². The first-order valence-electron chi connectivity index (χ1n) is 6.65. The summed E-state index contributed by atoms with van der Waals surface area (Å²) in [5, 5.41) is 0. The summed E-state index contributed by atoms with van der Waals surface area (Å²) in [5.74, 6) is 0.873. The zero-order valence-electron chi connectivity index (χ0n) is 12.8. The van der Waals surface area contributed by atoms with Crippen molar-refractivity contribution in [2.45, 2.75) is 33.3 Å². The van der Waals surface area contributed by atoms with Gasteiger partial charge in [0.1, 0.15) is 5.75 Å². The average Bonchev–Trinajstić information content (AvgIpc) is 2.31. The molecular formula is C14H24N2O3S. The van der Waals surface area contributed by atoms with Gasteiger partial charge in [-0.25, -0.2) is 4.72 Å². The number of nitrogens with zero attached hydrogens (tertiary/aromatic N) is 1. The van der Waals surface area contributed by atoms with E-state index in [9.17, 15) is 8.42 Å². The van der Waals surface area contributed by atoms with Crippen LogP contribution in [0.4, 0.5) is 0 Å². The molecule has 114 valence electrons. The standard InChI is InChI=1S/C14H24N2O3S/c1-11(2)19-14-7-6-13(10-12(14)3)8-9-15-20(17,18)16(4)5/h6-7,10-11,15H,8-9H2,1-5H3. The molecule has 6 heteroatoms. The fraction of sp³-hybridized carbons (Fsp3) is 0.571. The lowest BCUT2D eigenvalue weighted by Crippen LogP contribution is -2.36. The molecule has 0 heterocycles. The number of rotatable bonds is 7. The van der Waals surface area contributed by atoms with Crippen molar-refractivity contribution in [2.75, 3.05) is 20.6 Å². The normalized spacial score (nSPS) is 12.2. The third-order valence-corrected chi connectivity index (χ3v) is 4.31. The van der Waals surface area contributed by atoms with Crippen LogP contribution in [0.1, 0.15) is 25.0 Å². The van der Waals surface area contributed by atoms with Crippen LogP contribution >= 0.6 is 0 Å². The summed E-state index contributed by atoms with van der Waals surface area (Å²) in [6.07, 6.45) is 0.794. The Hall–Kier alpha value is -1.11. The van der Waals surface area contributed by atoms with Crippen molar-refractivity contribution in [3.63, 3.8) is 0 Å². The second-order valence-corrected chi connectivity index (χ2v) is 7.17. The summed E-state index contributed by atoms with van der Waals surface area (Å²) in [7, 11) is -0.335. The van der Waals surface area contributed by atoms with Crippen LogP contribution in [0.3, 0.4) is 0 Å². The number of hydrogen-bond acceptors (Lipinski definition) is 3. The molecule has 20 heavy (non-hydrogen) atoms. The monoisotopic (exact) mass is 300 g/mol. The molecule has 0 amide bonds. The Kier molecular flexibility index (Phi) is 5.98. The van der Waals surface area contributed by atoms with Crippen molar-refractivity contribution in [1.82, 2.24) is 9.03 Å². The first-order valence-corrected chi connectivity index (χ1v) is 8.09. The molecule has 1 aromatic carbocycles. The van der Waals surface area contributed by atoms with Gasteiger partial charge in [-0.3, -0.25) is 0 Å². The van der Waals surface area contributed by atoms with Gasteiger partial charge in [0, 0.05) is 20.6 Å². The molecule has 5 nitrogen and oxygen atoms in total. The average molecular weight is 300 g/mol. The maximum Gasteiger partial charge on any atom is 0.278 e. The van der Waals surface area contributed by atoms with Gasteiger partial charge in [0.15, 0.2) is 0 Å². The van der Waals surface area contributed by atoms with Gasteiger partial charge in [0.2, 0.25) is 0 Å². The van der Waals surface area contributed by atoms with Crippen molar-refractivity contribution in [3.05, 3.63) is 29.3 Å². The lowest BCUT2D eigenvalue weighted by molar-refractivity contribution is 0.240. The van der Waals surface area contributed by atoms with E-state index < -0.39 is 10.2 Å². The zero-order chi connectivity index (χ0) is 15.3. The Labute approximate surface area is 122 Å². The fourth-order valence-electron chi connectivity index (χ4n) is 1.71. The quantitative estimate of drug-likeness (QED) is 0.834. The van der Waals surface area contributed by atoms with Gasteiger partial charge in [-0.1, -0.05) is 12.1 Å². The minimum Gasteiger partial charge on any atom is -0.491 e. The van der Waals surface area contributed by atoms with Gasteiger partial charge >= 0.3 is 0 Å². The lowest BCUT2D eigenvalue weighted by Gasteiger charge is -2.14. The first-order chi connectivity index (χ1) is 9.22. The summed E-state index contributed by atoms with van der Waals surface area (Å²) >= 11 is 0. The number of benzene rings is 1. The Balaban J connectivity index is 2.60. The SMILES string of the molecule is Cc1cc(CCNS(=O)(=O)N(C)C)ccc1OC(C)C. The number of hydrogen-bond donors (Lipinski definition) is 1. The van der Waals surface area contributed by atoms with Crippen molar-refractivity contribution < 1.29 is 13.2 Å². The highest BCUT2D eigenvalue weighted by Crippen LogP contribution is 2.20. The molecular weight excluding hydrogens is 276 g/mol. The molecule has 1 aromatic rings. The number of nitrogens with one attached hydrogen (secondary N) is 1. The minimum absolute atomic E-state index is 0.145. The summed E-state index contributed by atoms with van der Waals surface area (Å²) in [6, 6.07) is 5.93. The van der Waals surface area contributed by atoms with E-state index in [-0.39, 0.29) is 6.10 Å². The van der Waals surface area contributed by atoms with E-state index >= 15 is 0 Å². The summed E-state index contributed by atoms with van der Waals surface area (Å²) in [4.78, 5) is 0. The fourth-order valence-corrected chi connectivity index (χ4v) is 2.32. The second-order valence-electron chi connectivity index (χ2n) is 5.20. The van der Waals surface area contributed by atoms with Crippen LogP contribution in [0.2, 0.25) is 0 Å². The van der Waals surface area contributed by atoms with E-state index in [4.69, 9.17) is 4.74 Å². The van der Waals surface area contributed by atoms with Crippen LogP contribution < -0.4 is 9.46 Å². The van der Waals surface area contributed by atoms with E-state index in [0.717, 1.165) is 21.2 Å². The summed E-state index contributed by atoms with van der Waals surface area (Å²) < 4.78 is 32.5. The van der Waals surface area contributed by atoms with E-state index in [1.54, 1.807) is 0 Å². The van der Waals surface area contributed by atoms with Crippen molar-refractivity contribution >= 4 is 10.2 Å². The van der Waals surface area contributed by atoms with Gasteiger partial charge in [-0.05, 0) is 44.4 Å². The van der Waals surface area contributed by atoms with Crippen molar-refractivity contribution in [1.29, 1.82) is 0 Å². The molecule has 0 unspecified atom stereocenters. The van der Waals surface area contributed by atoms with Crippen LogP contribution in [-0.4, -0.2) is 39.5 Å². The zero-order valence-corrected chi connectivity index (χ0v) is 13.6. The van der Waals surface area contributed by atoms with E-state index in [1.165, 1.54) is 14.1 Å². The smallest absolute Gasteiger partial charge is 0.278 e. The molecule has 0 fully saturated rings. The van der Waals surface area contributed by atoms with Gasteiger partial charge in [-0.15, -0.1) is 0 Å². The first kappa shape index (κ1) is 16.9. The molecule has 0 spiro atoms. The minimum atomic E-state index is -3.34. The predicted molar refractivity (Wildman–Crippen MR) is 81.3 cm³/mol. The van der Waals surface area contributed by atoms with Crippen LogP contribution in [0.5, 0.6) is 5.75 Å². The molecule has 0 atom stereocenters. The second kappa shape index (κ2) is 7.06. The van der Waals surface area contributed by atoms with E-state index in [1.807, 2.05) is 39.0 Å². The van der Waals surface area contributed by atoms with Crippen LogP contribution in [0.25, 0.3) is 0 Å². The Bertz CT molecular complexity index is 539. The van der Waals surface area contributed by atoms with E-state index in [0.29, 0.717) is 13.0 Å². The molecule has 0 aliphatic heterocycles. The number of ether oxygens (including phenoxy) is 1. The molecule has 0 saturated heterocycles. The van der Waals surface area contributed by atoms with Crippen LogP contribution in [0, 0.1) is 6.92 Å². The third-order valence-electron chi connectivity index (χ3n) is 2.78. The Morgan fingerprint density at radius 1 is 1.30 bits per heavy atom. The Morgan fingerprint density at radius 3 is 2.45 bits per heavy atom. The third kappa shape index (κ3) is 5.11. The molecule has 0 bridgehead atoms. The summed E-state index contributed by atoms with van der Waals surface area (Å²) in [5.41, 5.74) is 2.15. The van der Waals surface area contributed by atoms with E-state index in [2.05, 4.69) is 4.72 Å². The van der Waals surface area contributed by atoms with Gasteiger partial charge < -0.3 is 4.74 Å². The topological polar surface area (TPSA) is 58.6 Å². The molecule has 0 radical (unpaired) electrons. The van der Waals surface area contributed by atoms with Crippen LogP contribution in [-0.2, 0) is 16.6 Å². The molecule has 1 rings (SSSR count). The molecule has 1 N–H and O–H groups in total. The lowest BCUT2D eigenvalue weighted by atomic mass is 10.1. The molecule has 0 aliphatic carbocycles. The summed E-state index contributed by atoms with van der Waals surface area (Å²) in [6.45, 7) is 6.35. The predicted octanol–water partition coefficient (Wildman–Crippen LogP) is 1.72. The largest absolute Gasteiger partial charge is 0.491 e. The Morgan fingerprint density at radius 2 is 1.95 bits per heavy atom. The molecule has 0 aliphatic rings. The van der Waals surface area contributed by atoms with Gasteiger partial charge in [0.25, 0.3) is 10.2 Å². The van der Waals surface area contributed by atoms with Gasteiger partial charge in [0.05, 0.1) is 6.10 Å². The molecule has 0 aromatic heterocycles. The number of aryl methyl sites for hydroxylation is 1. The highest BCUT2D eigenvalue weighted by atomic mass is 32.2. The molecule has 0 saturated carbocycles. The van der Waals surface area contributed by atoms with Crippen molar-refractivity contribution in [2.24, 2.45) is 0 Å². The highest BCUT2D eigenvalue weighted by Gasteiger charge is 2.11. The highest BCUT2D eigenvalue weighted by molar-refractivity contribution is 7.87. The maximum absolute atomic E-state index is 11.6. The van der Waals surface area contributed by atoms with Crippen molar-refractivity contribution in [3.8, 4) is 5.75 Å². The maximum atomic E-state index is 11.6.